The Kier molecular flexibility index (Phi) is 5.22. The molecule has 3 N–H and O–H groups in total. The molecule has 10 heteroatoms. The summed E-state index contributed by atoms with van der Waals surface area (Å²) in [6.07, 6.45) is 3.04. The molecule has 0 radical (unpaired) electrons. The van der Waals surface area contributed by atoms with E-state index >= 15 is 0 Å². The number of nitrogens with two attached hydrogens (primary N) is 1. The van der Waals surface area contributed by atoms with E-state index in [-0.39, 0.29) is 22.7 Å². The second kappa shape index (κ2) is 7.61. The van der Waals surface area contributed by atoms with Gasteiger partial charge in [-0.05, 0) is 64.8 Å². The molecule has 1 amide bonds. The van der Waals surface area contributed by atoms with Gasteiger partial charge in [-0.2, -0.15) is 14.5 Å². The van der Waals surface area contributed by atoms with Gasteiger partial charge in [0, 0.05) is 28.9 Å². The zero-order chi connectivity index (χ0) is 22.5. The lowest BCUT2D eigenvalue weighted by Crippen LogP contribution is -2.41. The Balaban J connectivity index is 1.81. The number of carbonyl (C=O) groups excluding carboxylic acids is 1. The molecule has 2 aromatic heterocycles. The normalized spacial score (nSPS) is 13.6. The van der Waals surface area contributed by atoms with E-state index in [0.717, 1.165) is 22.5 Å². The number of hydrogen-bond donors (Lipinski definition) is 2. The number of nitrogens with one attached hydrogen (secondary N) is 1. The number of H-pyrrole nitrogens is 1. The fraction of sp³-hybridized carbons (Fsp3) is 0.381. The number of amides is 1. The molecule has 0 bridgehead atoms. The molecule has 4 rings (SSSR count). The van der Waals surface area contributed by atoms with Crippen LogP contribution >= 0.6 is 0 Å². The lowest BCUT2D eigenvalue weighted by Gasteiger charge is -2.29. The first kappa shape index (κ1) is 21.3. The van der Waals surface area contributed by atoms with Gasteiger partial charge in [0.1, 0.15) is 0 Å². The molecule has 31 heavy (non-hydrogen) atoms. The van der Waals surface area contributed by atoms with E-state index in [1.807, 2.05) is 27.7 Å². The Morgan fingerprint density at radius 2 is 1.77 bits per heavy atom. The number of hydrogen-bond acceptors (Lipinski definition) is 5. The fourth-order valence-corrected chi connectivity index (χ4v) is 6.17. The minimum atomic E-state index is -3.65. The number of aryl methyl sites for hydroxylation is 1. The molecule has 0 unspecified atom stereocenters. The second-order valence-corrected chi connectivity index (χ2v) is 10.1. The van der Waals surface area contributed by atoms with Crippen molar-refractivity contribution in [1.29, 1.82) is 0 Å². The van der Waals surface area contributed by atoms with Crippen molar-refractivity contribution in [3.8, 4) is 16.9 Å². The Morgan fingerprint density at radius 1 is 1.13 bits per heavy atom. The number of primary amides is 1. The monoisotopic (exact) mass is 442 g/mol. The number of aromatic amines is 1. The molecule has 0 spiro atoms. The van der Waals surface area contributed by atoms with Crippen LogP contribution in [0, 0.1) is 0 Å². The molecule has 164 valence electrons. The van der Waals surface area contributed by atoms with Crippen LogP contribution in [0.2, 0.25) is 0 Å². The van der Waals surface area contributed by atoms with Crippen LogP contribution in [0.1, 0.15) is 49.4 Å². The van der Waals surface area contributed by atoms with E-state index in [2.05, 4.69) is 15.3 Å². The van der Waals surface area contributed by atoms with Gasteiger partial charge in [0.05, 0.1) is 22.5 Å². The zero-order valence-corrected chi connectivity index (χ0v) is 18.8. The number of aromatic nitrogens is 4. The van der Waals surface area contributed by atoms with Gasteiger partial charge >= 0.3 is 0 Å². The minimum absolute atomic E-state index is 0.166. The summed E-state index contributed by atoms with van der Waals surface area (Å²) in [5.41, 5.74) is 9.80. The van der Waals surface area contributed by atoms with Gasteiger partial charge in [-0.15, -0.1) is 0 Å². The Labute approximate surface area is 181 Å². The maximum absolute atomic E-state index is 13.1. The Hall–Kier alpha value is -2.98. The van der Waals surface area contributed by atoms with Crippen LogP contribution in [0.5, 0.6) is 0 Å². The number of rotatable bonds is 6. The molecule has 0 saturated heterocycles. The van der Waals surface area contributed by atoms with Crippen LogP contribution in [-0.2, 0) is 22.9 Å². The highest BCUT2D eigenvalue weighted by Crippen LogP contribution is 2.36. The number of carbonyl (C=O) groups is 1. The third-order valence-electron chi connectivity index (χ3n) is 5.49. The summed E-state index contributed by atoms with van der Waals surface area (Å²) >= 11 is 0. The highest BCUT2D eigenvalue weighted by molar-refractivity contribution is 7.89. The lowest BCUT2D eigenvalue weighted by atomic mass is 9.93. The molecule has 1 aliphatic carbocycles. The van der Waals surface area contributed by atoms with Gasteiger partial charge in [0.25, 0.3) is 5.91 Å². The average molecular weight is 443 g/mol. The Morgan fingerprint density at radius 3 is 2.35 bits per heavy atom. The predicted octanol–water partition coefficient (Wildman–Crippen LogP) is 2.27. The van der Waals surface area contributed by atoms with Crippen LogP contribution < -0.4 is 5.73 Å². The third kappa shape index (κ3) is 3.45. The topological polar surface area (TPSA) is 127 Å². The highest BCUT2D eigenvalue weighted by atomic mass is 32.2. The largest absolute Gasteiger partial charge is 0.364 e. The summed E-state index contributed by atoms with van der Waals surface area (Å²) in [6, 6.07) is 6.19. The van der Waals surface area contributed by atoms with Crippen molar-refractivity contribution in [2.45, 2.75) is 57.5 Å². The molecule has 2 heterocycles. The van der Waals surface area contributed by atoms with Gasteiger partial charge < -0.3 is 5.73 Å². The van der Waals surface area contributed by atoms with Gasteiger partial charge in [0.15, 0.2) is 5.69 Å². The van der Waals surface area contributed by atoms with E-state index < -0.39 is 15.9 Å². The van der Waals surface area contributed by atoms with Crippen molar-refractivity contribution in [3.63, 3.8) is 0 Å². The van der Waals surface area contributed by atoms with E-state index in [4.69, 9.17) is 5.73 Å². The molecule has 0 saturated carbocycles. The van der Waals surface area contributed by atoms with Gasteiger partial charge in [-0.25, -0.2) is 13.1 Å². The second-order valence-electron chi connectivity index (χ2n) is 8.23. The van der Waals surface area contributed by atoms with Crippen LogP contribution in [0.4, 0.5) is 0 Å². The van der Waals surface area contributed by atoms with Crippen LogP contribution in [0.3, 0.4) is 0 Å². The molecule has 0 fully saturated rings. The molecule has 1 aliphatic rings. The van der Waals surface area contributed by atoms with Gasteiger partial charge in [-0.1, -0.05) is 0 Å². The van der Waals surface area contributed by atoms with Crippen molar-refractivity contribution in [2.75, 3.05) is 0 Å². The van der Waals surface area contributed by atoms with Crippen LogP contribution in [-0.4, -0.2) is 50.7 Å². The van der Waals surface area contributed by atoms with Crippen molar-refractivity contribution < 1.29 is 13.2 Å². The highest BCUT2D eigenvalue weighted by Gasteiger charge is 2.31. The summed E-state index contributed by atoms with van der Waals surface area (Å²) in [5, 5.41) is 11.6. The van der Waals surface area contributed by atoms with Crippen LogP contribution in [0.15, 0.2) is 35.4 Å². The number of benzene rings is 1. The number of fused-ring (bicyclic) bond motifs is 3. The predicted molar refractivity (Wildman–Crippen MR) is 116 cm³/mol. The number of sulfonamides is 1. The van der Waals surface area contributed by atoms with E-state index in [1.165, 1.54) is 4.31 Å². The summed E-state index contributed by atoms with van der Waals surface area (Å²) in [6.45, 7) is 7.43. The molecule has 3 aromatic rings. The van der Waals surface area contributed by atoms with Crippen molar-refractivity contribution in [2.24, 2.45) is 5.73 Å². The van der Waals surface area contributed by atoms with E-state index in [0.29, 0.717) is 18.5 Å². The Bertz CT molecular complexity index is 1230. The minimum Gasteiger partial charge on any atom is -0.364 e. The summed E-state index contributed by atoms with van der Waals surface area (Å²) in [5.74, 6) is -0.592. The molecular weight excluding hydrogens is 416 g/mol. The van der Waals surface area contributed by atoms with Crippen molar-refractivity contribution >= 4 is 15.9 Å². The van der Waals surface area contributed by atoms with Gasteiger partial charge in [-0.3, -0.25) is 9.89 Å². The lowest BCUT2D eigenvalue weighted by molar-refractivity contribution is 0.0994. The van der Waals surface area contributed by atoms with E-state index in [1.54, 1.807) is 35.1 Å². The van der Waals surface area contributed by atoms with Crippen LogP contribution in [0.25, 0.3) is 16.9 Å². The molecule has 1 aromatic carbocycles. The molecule has 0 aliphatic heterocycles. The van der Waals surface area contributed by atoms with Gasteiger partial charge in [0.2, 0.25) is 10.0 Å². The standard InChI is InChI=1S/C21H26N6O3S/c1-12(2)27(13(3)4)31(29,30)15-7-5-14(6-8-15)26-20-16(19(25-26)21(22)28)9-10-18-17(20)11-23-24-18/h5-8,11-13H,9-10H2,1-4H3,(H2,22,28)(H,23,24). The summed E-state index contributed by atoms with van der Waals surface area (Å²) < 4.78 is 29.4. The van der Waals surface area contributed by atoms with E-state index in [9.17, 15) is 13.2 Å². The molecule has 9 nitrogen and oxygen atoms in total. The fourth-order valence-electron chi connectivity index (χ4n) is 4.34. The first-order valence-electron chi connectivity index (χ1n) is 10.2. The zero-order valence-electron chi connectivity index (χ0n) is 18.0. The first-order valence-corrected chi connectivity index (χ1v) is 11.6. The maximum atomic E-state index is 13.1. The van der Waals surface area contributed by atoms with Crippen molar-refractivity contribution in [1.82, 2.24) is 24.3 Å². The smallest absolute Gasteiger partial charge is 0.269 e. The molecule has 0 atom stereocenters. The number of nitrogens with zero attached hydrogens (tertiary/aromatic N) is 4. The third-order valence-corrected chi connectivity index (χ3v) is 7.76. The summed E-state index contributed by atoms with van der Waals surface area (Å²) in [7, 11) is -3.65. The summed E-state index contributed by atoms with van der Waals surface area (Å²) in [4.78, 5) is 12.2. The quantitative estimate of drug-likeness (QED) is 0.605. The molecular formula is C21H26N6O3S. The van der Waals surface area contributed by atoms with Crippen molar-refractivity contribution in [3.05, 3.63) is 47.4 Å². The average Bonchev–Trinajstić information content (AvgIpc) is 3.31. The maximum Gasteiger partial charge on any atom is 0.269 e. The first-order chi connectivity index (χ1) is 14.6. The SMILES string of the molecule is CC(C)N(C(C)C)S(=O)(=O)c1ccc(-n2nc(C(N)=O)c3c2-c2cn[nH]c2CC3)cc1.